The Bertz CT molecular complexity index is 2060. The fourth-order valence-corrected chi connectivity index (χ4v) is 8.69. The van der Waals surface area contributed by atoms with E-state index in [0.717, 1.165) is 0 Å². The first-order valence-corrected chi connectivity index (χ1v) is 22.8. The predicted molar refractivity (Wildman–Crippen MR) is 244 cm³/mol. The van der Waals surface area contributed by atoms with Crippen LogP contribution in [-0.4, -0.2) is 121 Å². The average Bonchev–Trinajstić information content (AvgIpc) is 4.09. The molecule has 0 fully saturated rings. The molecule has 0 spiro atoms. The molecule has 0 radical (unpaired) electrons. The van der Waals surface area contributed by atoms with Gasteiger partial charge >= 0.3 is 12.1 Å². The number of aliphatic hydroxyl groups excluding tert-OH is 1. The van der Waals surface area contributed by atoms with Crippen molar-refractivity contribution in [2.24, 2.45) is 41.2 Å². The van der Waals surface area contributed by atoms with Gasteiger partial charge in [0.1, 0.15) is 48.6 Å². The number of esters is 1. The van der Waals surface area contributed by atoms with Crippen molar-refractivity contribution in [3.8, 4) is 23.2 Å². The smallest absolute Gasteiger partial charge is 0.404 e. The van der Waals surface area contributed by atoms with Gasteiger partial charge in [-0.3, -0.25) is 14.4 Å². The van der Waals surface area contributed by atoms with Crippen LogP contribution < -0.4 is 5.73 Å². The first-order valence-electron chi connectivity index (χ1n) is 22.8. The molecule has 3 aromatic heterocycles. The molecule has 3 aromatic rings. The van der Waals surface area contributed by atoms with Crippen LogP contribution in [0.4, 0.5) is 4.79 Å². The summed E-state index contributed by atoms with van der Waals surface area (Å²) in [6.45, 7) is 11.4. The van der Waals surface area contributed by atoms with Gasteiger partial charge < -0.3 is 57.4 Å². The zero-order valence-electron chi connectivity index (χ0n) is 40.7. The van der Waals surface area contributed by atoms with Crippen molar-refractivity contribution < 1.29 is 66.0 Å². The van der Waals surface area contributed by atoms with Gasteiger partial charge in [0.2, 0.25) is 24.1 Å². The lowest BCUT2D eigenvalue weighted by Crippen LogP contribution is -2.39. The monoisotopic (exact) mass is 941 g/mol. The van der Waals surface area contributed by atoms with Crippen LogP contribution in [0, 0.1) is 35.5 Å². The summed E-state index contributed by atoms with van der Waals surface area (Å²) in [7, 11) is 7.86. The Kier molecular flexibility index (Phi) is 21.4. The number of methoxy groups -OCH3 is 4. The number of primary amides is 1. The number of hydrogen-bond donors (Lipinski definition) is 2. The van der Waals surface area contributed by atoms with Crippen molar-refractivity contribution in [2.75, 3.05) is 35.5 Å². The minimum Gasteiger partial charge on any atom is -0.462 e. The summed E-state index contributed by atoms with van der Waals surface area (Å²) in [5.41, 5.74) is 6.58. The van der Waals surface area contributed by atoms with Gasteiger partial charge in [-0.1, -0.05) is 53.7 Å². The Hall–Kier alpha value is -5.21. The van der Waals surface area contributed by atoms with Crippen LogP contribution in [0.3, 0.4) is 0 Å². The van der Waals surface area contributed by atoms with Crippen molar-refractivity contribution in [3.05, 3.63) is 48.7 Å². The molecule has 19 nitrogen and oxygen atoms in total. The van der Waals surface area contributed by atoms with Crippen LogP contribution in [0.2, 0.25) is 0 Å². The molecule has 1 aliphatic heterocycles. The van der Waals surface area contributed by atoms with Crippen LogP contribution in [0.15, 0.2) is 50.4 Å². The van der Waals surface area contributed by atoms with Crippen LogP contribution in [0.5, 0.6) is 0 Å². The number of carbonyl (C=O) groups excluding carboxylic acids is 4. The van der Waals surface area contributed by atoms with Crippen molar-refractivity contribution >= 4 is 30.3 Å². The van der Waals surface area contributed by atoms with E-state index in [1.165, 1.54) is 30.8 Å². The first-order chi connectivity index (χ1) is 31.9. The summed E-state index contributed by atoms with van der Waals surface area (Å²) < 4.78 is 52.4. The number of nitrogens with zero attached hydrogens (tertiary/aromatic N) is 4. The number of nitrogens with two attached hydrogens (primary N) is 1. The fourth-order valence-electron chi connectivity index (χ4n) is 8.69. The minimum atomic E-state index is -1.05. The number of amides is 2. The zero-order chi connectivity index (χ0) is 49.4. The van der Waals surface area contributed by atoms with E-state index in [9.17, 15) is 24.3 Å². The topological polar surface area (TPSA) is 251 Å². The van der Waals surface area contributed by atoms with Gasteiger partial charge in [-0.05, 0) is 43.6 Å². The van der Waals surface area contributed by atoms with Gasteiger partial charge in [0.15, 0.2) is 11.4 Å². The molecular weight excluding hydrogens is 871 g/mol. The summed E-state index contributed by atoms with van der Waals surface area (Å²) in [4.78, 5) is 65.7. The maximum atomic E-state index is 14.0. The number of aliphatic hydroxyl groups is 1. The lowest BCUT2D eigenvalue weighted by molar-refractivity contribution is -0.160. The van der Waals surface area contributed by atoms with Crippen LogP contribution >= 0.6 is 0 Å². The summed E-state index contributed by atoms with van der Waals surface area (Å²) in [5.74, 6) is -1.84. The van der Waals surface area contributed by atoms with E-state index in [1.807, 2.05) is 53.7 Å². The lowest BCUT2D eigenvalue weighted by Gasteiger charge is -2.34. The van der Waals surface area contributed by atoms with Crippen LogP contribution in [0.1, 0.15) is 104 Å². The second-order valence-corrected chi connectivity index (χ2v) is 17.9. The SMILES string of the molecule is CO[C@H]([C@H](C)/C=C/N(C)C=O)[C@@H](C)C(=O)CC[C@H](C)[C@@H](C[C@@H]1OC(=O)C[C@@H](OC(N)=O)C[C@H](C)C[C@@H](O)[C@H](C)[C@@H](OC)c2coc(n2)-c2coc(n2)-c2coc(n2)/C=C/C[C@H](OC)[C@H]1C)OC. The molecule has 4 heterocycles. The molecule has 0 saturated carbocycles. The van der Waals surface area contributed by atoms with Crippen LogP contribution in [0.25, 0.3) is 29.2 Å². The molecule has 19 heteroatoms. The van der Waals surface area contributed by atoms with E-state index < -0.39 is 72.5 Å². The van der Waals surface area contributed by atoms with Gasteiger partial charge in [-0.2, -0.15) is 0 Å². The number of ketones is 1. The molecule has 6 bridgehead atoms. The number of ether oxygens (including phenoxy) is 6. The highest BCUT2D eigenvalue weighted by atomic mass is 16.6. The molecule has 0 aliphatic carbocycles. The molecule has 13 atom stereocenters. The van der Waals surface area contributed by atoms with Gasteiger partial charge in [0, 0.05) is 78.2 Å². The zero-order valence-corrected chi connectivity index (χ0v) is 40.7. The largest absolute Gasteiger partial charge is 0.462 e. The molecule has 372 valence electrons. The number of cyclic esters (lactones) is 1. The van der Waals surface area contributed by atoms with E-state index >= 15 is 0 Å². The number of rotatable bonds is 17. The maximum Gasteiger partial charge on any atom is 0.404 e. The maximum absolute atomic E-state index is 14.0. The van der Waals surface area contributed by atoms with Gasteiger partial charge in [-0.15, -0.1) is 0 Å². The van der Waals surface area contributed by atoms with Crippen LogP contribution in [-0.2, 0) is 42.8 Å². The van der Waals surface area contributed by atoms with Crippen molar-refractivity contribution in [1.29, 1.82) is 0 Å². The summed E-state index contributed by atoms with van der Waals surface area (Å²) in [6, 6.07) is 0. The molecular formula is C48H71N5O14. The minimum absolute atomic E-state index is 0.0194. The average molecular weight is 942 g/mol. The number of oxazole rings is 3. The molecule has 3 N–H and O–H groups in total. The summed E-state index contributed by atoms with van der Waals surface area (Å²) >= 11 is 0. The Morgan fingerprint density at radius 3 is 2.28 bits per heavy atom. The molecule has 67 heavy (non-hydrogen) atoms. The molecule has 0 saturated heterocycles. The third kappa shape index (κ3) is 15.7. The number of hydrogen-bond acceptors (Lipinski definition) is 17. The number of carbonyl (C=O) groups is 4. The van der Waals surface area contributed by atoms with Crippen molar-refractivity contribution in [2.45, 2.75) is 129 Å². The highest BCUT2D eigenvalue weighted by Crippen LogP contribution is 2.34. The predicted octanol–water partition coefficient (Wildman–Crippen LogP) is 7.20. The first kappa shape index (κ1) is 54.4. The number of aromatic nitrogens is 3. The van der Waals surface area contributed by atoms with Gasteiger partial charge in [-0.25, -0.2) is 19.7 Å². The Labute approximate surface area is 393 Å². The van der Waals surface area contributed by atoms with E-state index in [-0.39, 0.29) is 73.3 Å². The summed E-state index contributed by atoms with van der Waals surface area (Å²) in [5, 5.41) is 11.4. The Balaban J connectivity index is 1.60. The molecule has 0 aromatic carbocycles. The molecule has 0 unspecified atom stereocenters. The van der Waals surface area contributed by atoms with E-state index in [4.69, 9.17) is 47.4 Å². The third-order valence-electron chi connectivity index (χ3n) is 12.8. The third-order valence-corrected chi connectivity index (χ3v) is 12.8. The highest BCUT2D eigenvalue weighted by molar-refractivity contribution is 5.81. The fraction of sp³-hybridized carbons (Fsp3) is 0.646. The lowest BCUT2D eigenvalue weighted by atomic mass is 9.84. The van der Waals surface area contributed by atoms with E-state index in [1.54, 1.807) is 40.7 Å². The van der Waals surface area contributed by atoms with E-state index in [2.05, 4.69) is 15.0 Å². The molecule has 2 amide bonds. The normalized spacial score (nSPS) is 26.2. The van der Waals surface area contributed by atoms with Gasteiger partial charge in [0.25, 0.3) is 0 Å². The Morgan fingerprint density at radius 1 is 0.940 bits per heavy atom. The summed E-state index contributed by atoms with van der Waals surface area (Å²) in [6.07, 6.45) is 7.75. The number of fused-ring (bicyclic) bond motifs is 8. The standard InChI is InChI=1S/C48H71N5O14/c1-27-19-33(66-48(49)58)21-43(57)67-41(22-40(60-9)28(2)15-16-37(55)30(4)44(61-10)29(3)17-18-53(7)26-54)32(6)39(59-8)13-12-14-42-50-35(24-63-42)46-52-36(25-65-46)47-51-34(23-64-47)45(62-11)31(5)38(56)20-27/h12,14,17-18,23-33,38-41,44-45,56H,13,15-16,19-22H2,1-11H3,(H2,49,58)/b14-12+,18-17+/t27-,28-,29+,30-,31-,32+,33-,38+,39-,40+,41-,44+,45+/m0/s1. The highest BCUT2D eigenvalue weighted by Gasteiger charge is 2.36. The molecule has 1 aliphatic rings. The number of Topliss-reactive ketones (excluding diaryl/α,β-unsaturated/α-hetero) is 1. The van der Waals surface area contributed by atoms with Gasteiger partial charge in [0.05, 0.1) is 30.8 Å². The van der Waals surface area contributed by atoms with E-state index in [0.29, 0.717) is 36.3 Å². The second kappa shape index (κ2) is 26.4. The van der Waals surface area contributed by atoms with Crippen molar-refractivity contribution in [3.63, 3.8) is 0 Å². The second-order valence-electron chi connectivity index (χ2n) is 17.9. The molecule has 4 rings (SSSR count). The quantitative estimate of drug-likeness (QED) is 0.100. The van der Waals surface area contributed by atoms with Crippen molar-refractivity contribution in [1.82, 2.24) is 19.9 Å². The Morgan fingerprint density at radius 2 is 1.63 bits per heavy atom.